The van der Waals surface area contributed by atoms with E-state index in [4.69, 9.17) is 4.42 Å². The lowest BCUT2D eigenvalue weighted by Gasteiger charge is -2.26. The fourth-order valence-electron chi connectivity index (χ4n) is 7.45. The molecule has 3 heteroatoms. The second-order valence-electron chi connectivity index (χ2n) is 12.6. The van der Waals surface area contributed by atoms with Gasteiger partial charge in [0.2, 0.25) is 0 Å². The SMILES string of the molecule is c1ccc(N(c2cccc(-c3ccc4ccccc4c3)c2)c2cccc(-n3c4ccccc4c4cc5oc6ccccc6c5cc43)c2)cc1. The minimum Gasteiger partial charge on any atom is -0.456 e. The monoisotopic (exact) mass is 626 g/mol. The standard InChI is InChI=1S/C46H30N2O/c1-2-15-35(16-3-1)47(36-17-10-14-33(27-36)34-25-24-31-12-4-5-13-32(31)26-34)37-18-11-19-38(28-37)48-43-22-8-6-20-39(43)41-30-46-42(29-44(41)48)40-21-7-9-23-45(40)49-46/h1-30H. The maximum absolute atomic E-state index is 6.32. The predicted molar refractivity (Wildman–Crippen MR) is 206 cm³/mol. The lowest BCUT2D eigenvalue weighted by Crippen LogP contribution is -2.10. The first-order valence-electron chi connectivity index (χ1n) is 16.7. The van der Waals surface area contributed by atoms with Crippen molar-refractivity contribution in [1.29, 1.82) is 0 Å². The molecule has 0 aliphatic carbocycles. The molecular weight excluding hydrogens is 597 g/mol. The van der Waals surface area contributed by atoms with Gasteiger partial charge < -0.3 is 13.9 Å². The molecule has 0 amide bonds. The number of furan rings is 1. The summed E-state index contributed by atoms with van der Waals surface area (Å²) in [6, 6.07) is 65.1. The lowest BCUT2D eigenvalue weighted by molar-refractivity contribution is 0.669. The van der Waals surface area contributed by atoms with Crippen molar-refractivity contribution in [2.45, 2.75) is 0 Å². The average Bonchev–Trinajstić information content (AvgIpc) is 3.69. The molecule has 0 radical (unpaired) electrons. The van der Waals surface area contributed by atoms with Gasteiger partial charge in [0.15, 0.2) is 0 Å². The smallest absolute Gasteiger partial charge is 0.136 e. The van der Waals surface area contributed by atoms with Crippen molar-refractivity contribution in [1.82, 2.24) is 4.57 Å². The number of rotatable bonds is 5. The van der Waals surface area contributed by atoms with Crippen LogP contribution in [0.2, 0.25) is 0 Å². The number of nitrogens with zero attached hydrogens (tertiary/aromatic N) is 2. The third kappa shape index (κ3) is 4.51. The van der Waals surface area contributed by atoms with Gasteiger partial charge >= 0.3 is 0 Å². The molecular formula is C46H30N2O. The van der Waals surface area contributed by atoms with E-state index in [2.05, 4.69) is 179 Å². The average molecular weight is 627 g/mol. The Morgan fingerprint density at radius 2 is 1.06 bits per heavy atom. The van der Waals surface area contributed by atoms with Crippen molar-refractivity contribution in [3.63, 3.8) is 0 Å². The number of hydrogen-bond acceptors (Lipinski definition) is 2. The van der Waals surface area contributed by atoms with E-state index >= 15 is 0 Å². The Morgan fingerprint density at radius 3 is 1.96 bits per heavy atom. The third-order valence-electron chi connectivity index (χ3n) is 9.72. The maximum Gasteiger partial charge on any atom is 0.136 e. The van der Waals surface area contributed by atoms with Crippen LogP contribution in [0.25, 0.3) is 71.3 Å². The Kier molecular flexibility index (Phi) is 6.18. The van der Waals surface area contributed by atoms with Crippen LogP contribution in [-0.4, -0.2) is 4.57 Å². The summed E-state index contributed by atoms with van der Waals surface area (Å²) in [5.41, 5.74) is 10.9. The fourth-order valence-corrected chi connectivity index (χ4v) is 7.45. The quantitative estimate of drug-likeness (QED) is 0.190. The summed E-state index contributed by atoms with van der Waals surface area (Å²) in [7, 11) is 0. The van der Waals surface area contributed by atoms with Crippen LogP contribution in [0.4, 0.5) is 17.1 Å². The molecule has 0 N–H and O–H groups in total. The summed E-state index contributed by atoms with van der Waals surface area (Å²) in [5, 5.41) is 7.12. The van der Waals surface area contributed by atoms with E-state index in [1.54, 1.807) is 0 Å². The summed E-state index contributed by atoms with van der Waals surface area (Å²) in [6.07, 6.45) is 0. The van der Waals surface area contributed by atoms with Crippen molar-refractivity contribution >= 4 is 71.6 Å². The summed E-state index contributed by atoms with van der Waals surface area (Å²) in [6.45, 7) is 0. The van der Waals surface area contributed by atoms with Gasteiger partial charge in [-0.1, -0.05) is 109 Å². The molecule has 0 unspecified atom stereocenters. The van der Waals surface area contributed by atoms with E-state index in [-0.39, 0.29) is 0 Å². The summed E-state index contributed by atoms with van der Waals surface area (Å²) < 4.78 is 8.71. The van der Waals surface area contributed by atoms with Crippen LogP contribution < -0.4 is 4.90 Å². The van der Waals surface area contributed by atoms with Gasteiger partial charge in [-0.15, -0.1) is 0 Å². The van der Waals surface area contributed by atoms with E-state index < -0.39 is 0 Å². The fraction of sp³-hybridized carbons (Fsp3) is 0. The van der Waals surface area contributed by atoms with Gasteiger partial charge in [-0.3, -0.25) is 0 Å². The van der Waals surface area contributed by atoms with Gasteiger partial charge in [0.1, 0.15) is 11.2 Å². The van der Waals surface area contributed by atoms with Gasteiger partial charge in [0, 0.05) is 44.3 Å². The van der Waals surface area contributed by atoms with E-state index in [0.29, 0.717) is 0 Å². The van der Waals surface area contributed by atoms with Crippen LogP contribution in [0.5, 0.6) is 0 Å². The van der Waals surface area contributed by atoms with Crippen molar-refractivity contribution in [3.05, 3.63) is 182 Å². The second-order valence-corrected chi connectivity index (χ2v) is 12.6. The normalized spacial score (nSPS) is 11.7. The van der Waals surface area contributed by atoms with Crippen molar-refractivity contribution in [3.8, 4) is 16.8 Å². The Labute approximate surface area is 283 Å². The van der Waals surface area contributed by atoms with E-state index in [1.165, 1.54) is 32.7 Å². The first-order valence-corrected chi connectivity index (χ1v) is 16.7. The minimum atomic E-state index is 0.909. The van der Waals surface area contributed by atoms with Crippen LogP contribution in [0.3, 0.4) is 0 Å². The largest absolute Gasteiger partial charge is 0.456 e. The minimum absolute atomic E-state index is 0.909. The van der Waals surface area contributed by atoms with E-state index in [0.717, 1.165) is 55.7 Å². The second kappa shape index (κ2) is 11.0. The number of para-hydroxylation sites is 3. The van der Waals surface area contributed by atoms with E-state index in [1.807, 2.05) is 12.1 Å². The Hall–Kier alpha value is -6.58. The molecule has 0 spiro atoms. The predicted octanol–water partition coefficient (Wildman–Crippen LogP) is 13.0. The van der Waals surface area contributed by atoms with Gasteiger partial charge in [-0.25, -0.2) is 0 Å². The molecule has 0 saturated carbocycles. The Bertz CT molecular complexity index is 2840. The number of benzene rings is 8. The Morgan fingerprint density at radius 1 is 0.367 bits per heavy atom. The number of anilines is 3. The highest BCUT2D eigenvalue weighted by Crippen LogP contribution is 2.41. The summed E-state index contributed by atoms with van der Waals surface area (Å²) in [5.74, 6) is 0. The molecule has 2 aromatic heterocycles. The maximum atomic E-state index is 6.32. The van der Waals surface area contributed by atoms with Crippen LogP contribution >= 0.6 is 0 Å². The number of hydrogen-bond donors (Lipinski definition) is 0. The molecule has 0 aliphatic heterocycles. The Balaban J connectivity index is 1.16. The number of aromatic nitrogens is 1. The first kappa shape index (κ1) is 27.5. The van der Waals surface area contributed by atoms with Gasteiger partial charge in [0.25, 0.3) is 0 Å². The lowest BCUT2D eigenvalue weighted by atomic mass is 10.0. The van der Waals surface area contributed by atoms with Crippen LogP contribution in [0, 0.1) is 0 Å². The molecule has 49 heavy (non-hydrogen) atoms. The molecule has 0 aliphatic rings. The molecule has 0 bridgehead atoms. The van der Waals surface area contributed by atoms with Gasteiger partial charge in [0.05, 0.1) is 11.0 Å². The molecule has 0 atom stereocenters. The molecule has 0 saturated heterocycles. The highest BCUT2D eigenvalue weighted by atomic mass is 16.3. The van der Waals surface area contributed by atoms with Crippen molar-refractivity contribution < 1.29 is 4.42 Å². The van der Waals surface area contributed by atoms with E-state index in [9.17, 15) is 0 Å². The topological polar surface area (TPSA) is 21.3 Å². The van der Waals surface area contributed by atoms with Crippen LogP contribution in [-0.2, 0) is 0 Å². The number of fused-ring (bicyclic) bond motifs is 7. The van der Waals surface area contributed by atoms with Gasteiger partial charge in [-0.05, 0) is 94.7 Å². The highest BCUT2D eigenvalue weighted by Gasteiger charge is 2.18. The zero-order chi connectivity index (χ0) is 32.3. The summed E-state index contributed by atoms with van der Waals surface area (Å²) >= 11 is 0. The molecule has 10 rings (SSSR count). The molecule has 3 nitrogen and oxygen atoms in total. The highest BCUT2D eigenvalue weighted by molar-refractivity contribution is 6.17. The zero-order valence-electron chi connectivity index (χ0n) is 26.6. The molecule has 10 aromatic rings. The molecule has 230 valence electrons. The molecule has 2 heterocycles. The van der Waals surface area contributed by atoms with Crippen LogP contribution in [0.15, 0.2) is 186 Å². The molecule has 8 aromatic carbocycles. The first-order chi connectivity index (χ1) is 24.3. The van der Waals surface area contributed by atoms with Crippen molar-refractivity contribution in [2.24, 2.45) is 0 Å². The summed E-state index contributed by atoms with van der Waals surface area (Å²) in [4.78, 5) is 2.35. The van der Waals surface area contributed by atoms with Crippen LogP contribution in [0.1, 0.15) is 0 Å². The van der Waals surface area contributed by atoms with Gasteiger partial charge in [-0.2, -0.15) is 0 Å². The third-order valence-corrected chi connectivity index (χ3v) is 9.72. The zero-order valence-corrected chi connectivity index (χ0v) is 26.6. The van der Waals surface area contributed by atoms with Crippen molar-refractivity contribution in [2.75, 3.05) is 4.90 Å². The molecule has 0 fully saturated rings.